The van der Waals surface area contributed by atoms with Crippen molar-refractivity contribution in [3.63, 3.8) is 0 Å². The molecule has 22 heavy (non-hydrogen) atoms. The van der Waals surface area contributed by atoms with Crippen molar-refractivity contribution in [2.45, 2.75) is 51.7 Å². The van der Waals surface area contributed by atoms with Gasteiger partial charge in [0.2, 0.25) is 6.41 Å². The fraction of sp³-hybridized carbons (Fsp3) is 0.526. The highest BCUT2D eigenvalue weighted by Crippen LogP contribution is 2.32. The average Bonchev–Trinajstić information content (AvgIpc) is 2.54. The molecule has 0 spiro atoms. The molecule has 0 bridgehead atoms. The van der Waals surface area contributed by atoms with Crippen LogP contribution in [-0.4, -0.2) is 30.6 Å². The number of ether oxygens (including phenoxy) is 1. The Morgan fingerprint density at radius 1 is 1.36 bits per heavy atom. The van der Waals surface area contributed by atoms with Crippen molar-refractivity contribution in [1.29, 1.82) is 0 Å². The van der Waals surface area contributed by atoms with E-state index in [4.69, 9.17) is 4.74 Å². The van der Waals surface area contributed by atoms with Crippen LogP contribution in [0.5, 0.6) is 0 Å². The Labute approximate surface area is 134 Å². The van der Waals surface area contributed by atoms with Crippen LogP contribution < -0.4 is 0 Å². The zero-order valence-corrected chi connectivity index (χ0v) is 13.8. The number of nitrogens with zero attached hydrogens (tertiary/aromatic N) is 1. The van der Waals surface area contributed by atoms with Gasteiger partial charge in [-0.3, -0.25) is 4.79 Å². The maximum absolute atomic E-state index is 11.0. The SMILES string of the molecule is C=C(C)[C@H]1c2ccccc2CCN1C=O.C[C@H]1CCCCO1. The number of carbonyl (C=O) groups excluding carboxylic acids is 1. The molecule has 1 saturated heterocycles. The van der Waals surface area contributed by atoms with Crippen LogP contribution in [0.4, 0.5) is 0 Å². The lowest BCUT2D eigenvalue weighted by Crippen LogP contribution is -2.34. The Balaban J connectivity index is 0.000000211. The predicted octanol–water partition coefficient (Wildman–Crippen LogP) is 3.89. The van der Waals surface area contributed by atoms with Gasteiger partial charge >= 0.3 is 0 Å². The first-order chi connectivity index (χ1) is 10.6. The second-order valence-corrected chi connectivity index (χ2v) is 6.22. The Hall–Kier alpha value is -1.61. The van der Waals surface area contributed by atoms with E-state index in [1.807, 2.05) is 24.0 Å². The van der Waals surface area contributed by atoms with Crippen molar-refractivity contribution >= 4 is 6.41 Å². The first kappa shape index (κ1) is 16.8. The zero-order valence-electron chi connectivity index (χ0n) is 13.8. The quantitative estimate of drug-likeness (QED) is 0.612. The number of benzene rings is 1. The van der Waals surface area contributed by atoms with Crippen molar-refractivity contribution < 1.29 is 9.53 Å². The third-order valence-electron chi connectivity index (χ3n) is 4.33. The maximum Gasteiger partial charge on any atom is 0.210 e. The van der Waals surface area contributed by atoms with Gasteiger partial charge in [-0.2, -0.15) is 0 Å². The fourth-order valence-electron chi connectivity index (χ4n) is 3.15. The summed E-state index contributed by atoms with van der Waals surface area (Å²) >= 11 is 0. The summed E-state index contributed by atoms with van der Waals surface area (Å²) in [5.41, 5.74) is 3.58. The normalized spacial score (nSPS) is 23.8. The molecule has 3 rings (SSSR count). The second-order valence-electron chi connectivity index (χ2n) is 6.22. The molecule has 3 heteroatoms. The highest BCUT2D eigenvalue weighted by atomic mass is 16.5. The van der Waals surface area contributed by atoms with Gasteiger partial charge in [-0.05, 0) is 50.7 Å². The zero-order chi connectivity index (χ0) is 15.9. The van der Waals surface area contributed by atoms with Gasteiger partial charge in [-0.1, -0.05) is 36.4 Å². The molecule has 0 unspecified atom stereocenters. The molecule has 1 fully saturated rings. The molecule has 0 saturated carbocycles. The van der Waals surface area contributed by atoms with E-state index in [2.05, 4.69) is 25.6 Å². The molecule has 1 aromatic carbocycles. The van der Waals surface area contributed by atoms with Gasteiger partial charge in [0.15, 0.2) is 0 Å². The van der Waals surface area contributed by atoms with Crippen LogP contribution in [0.15, 0.2) is 36.4 Å². The second kappa shape index (κ2) is 8.14. The molecule has 2 aliphatic heterocycles. The lowest BCUT2D eigenvalue weighted by Gasteiger charge is -2.35. The smallest absolute Gasteiger partial charge is 0.210 e. The Bertz CT molecular complexity index is 506. The summed E-state index contributed by atoms with van der Waals surface area (Å²) in [7, 11) is 0. The summed E-state index contributed by atoms with van der Waals surface area (Å²) in [5.74, 6) is 0. The Morgan fingerprint density at radius 3 is 2.68 bits per heavy atom. The predicted molar refractivity (Wildman–Crippen MR) is 89.7 cm³/mol. The molecule has 2 atom stereocenters. The average molecular weight is 301 g/mol. The van der Waals surface area contributed by atoms with E-state index in [0.29, 0.717) is 6.10 Å². The highest BCUT2D eigenvalue weighted by Gasteiger charge is 2.26. The molecular weight excluding hydrogens is 274 g/mol. The van der Waals surface area contributed by atoms with Crippen LogP contribution in [0.1, 0.15) is 50.3 Å². The minimum absolute atomic E-state index is 0.0625. The van der Waals surface area contributed by atoms with Gasteiger partial charge in [0, 0.05) is 13.2 Å². The Kier molecular flexibility index (Phi) is 6.20. The molecule has 0 radical (unpaired) electrons. The van der Waals surface area contributed by atoms with Crippen molar-refractivity contribution in [3.8, 4) is 0 Å². The third-order valence-corrected chi connectivity index (χ3v) is 4.33. The molecular formula is C19H27NO2. The number of carbonyl (C=O) groups is 1. The van der Waals surface area contributed by atoms with Gasteiger partial charge in [0.05, 0.1) is 12.1 Å². The van der Waals surface area contributed by atoms with E-state index in [1.165, 1.54) is 30.4 Å². The van der Waals surface area contributed by atoms with Gasteiger partial charge < -0.3 is 9.64 Å². The van der Waals surface area contributed by atoms with Crippen LogP contribution in [0, 0.1) is 0 Å². The van der Waals surface area contributed by atoms with E-state index in [-0.39, 0.29) is 6.04 Å². The molecule has 3 nitrogen and oxygen atoms in total. The van der Waals surface area contributed by atoms with E-state index < -0.39 is 0 Å². The van der Waals surface area contributed by atoms with E-state index in [9.17, 15) is 4.79 Å². The first-order valence-corrected chi connectivity index (χ1v) is 8.19. The van der Waals surface area contributed by atoms with Gasteiger partial charge in [-0.15, -0.1) is 0 Å². The largest absolute Gasteiger partial charge is 0.379 e. The number of hydrogen-bond donors (Lipinski definition) is 0. The lowest BCUT2D eigenvalue weighted by atomic mass is 9.89. The van der Waals surface area contributed by atoms with Crippen molar-refractivity contribution in [1.82, 2.24) is 4.90 Å². The van der Waals surface area contributed by atoms with Gasteiger partial charge in [-0.25, -0.2) is 0 Å². The summed E-state index contributed by atoms with van der Waals surface area (Å²) in [4.78, 5) is 12.8. The summed E-state index contributed by atoms with van der Waals surface area (Å²) in [6.45, 7) is 9.87. The summed E-state index contributed by atoms with van der Waals surface area (Å²) < 4.78 is 5.28. The van der Waals surface area contributed by atoms with E-state index in [1.54, 1.807) is 0 Å². The minimum Gasteiger partial charge on any atom is -0.379 e. The van der Waals surface area contributed by atoms with Crippen molar-refractivity contribution in [2.75, 3.05) is 13.2 Å². The summed E-state index contributed by atoms with van der Waals surface area (Å²) in [6.07, 6.45) is 6.30. The van der Waals surface area contributed by atoms with E-state index >= 15 is 0 Å². The number of fused-ring (bicyclic) bond motifs is 1. The van der Waals surface area contributed by atoms with Crippen LogP contribution in [0.2, 0.25) is 0 Å². The fourth-order valence-corrected chi connectivity index (χ4v) is 3.15. The first-order valence-electron chi connectivity index (χ1n) is 8.19. The number of hydrogen-bond acceptors (Lipinski definition) is 2. The molecule has 1 aromatic rings. The molecule has 2 heterocycles. The molecule has 1 amide bonds. The van der Waals surface area contributed by atoms with Crippen molar-refractivity contribution in [2.24, 2.45) is 0 Å². The minimum atomic E-state index is 0.0625. The molecule has 120 valence electrons. The number of amides is 1. The maximum atomic E-state index is 11.0. The standard InChI is InChI=1S/C13H15NO.C6H12O/c1-10(2)13-12-6-4-3-5-11(12)7-8-14(13)9-15;1-6-4-2-3-5-7-6/h3-6,9,13H,1,7-8H2,2H3;6H,2-5H2,1H3/t13-;6-/m00/s1. The molecule has 0 aromatic heterocycles. The Morgan fingerprint density at radius 2 is 2.14 bits per heavy atom. The van der Waals surface area contributed by atoms with Crippen LogP contribution >= 0.6 is 0 Å². The number of rotatable bonds is 2. The van der Waals surface area contributed by atoms with E-state index in [0.717, 1.165) is 31.6 Å². The molecule has 0 aliphatic carbocycles. The molecule has 2 aliphatic rings. The van der Waals surface area contributed by atoms with Crippen LogP contribution in [0.25, 0.3) is 0 Å². The van der Waals surface area contributed by atoms with Crippen LogP contribution in [-0.2, 0) is 16.0 Å². The molecule has 0 N–H and O–H groups in total. The summed E-state index contributed by atoms with van der Waals surface area (Å²) in [6, 6.07) is 8.35. The van der Waals surface area contributed by atoms with Gasteiger partial charge in [0.25, 0.3) is 0 Å². The topological polar surface area (TPSA) is 29.5 Å². The third kappa shape index (κ3) is 4.20. The summed E-state index contributed by atoms with van der Waals surface area (Å²) in [5, 5.41) is 0. The monoisotopic (exact) mass is 301 g/mol. The van der Waals surface area contributed by atoms with Gasteiger partial charge in [0.1, 0.15) is 0 Å². The highest BCUT2D eigenvalue weighted by molar-refractivity contribution is 5.53. The van der Waals surface area contributed by atoms with Crippen LogP contribution in [0.3, 0.4) is 0 Å². The lowest BCUT2D eigenvalue weighted by molar-refractivity contribution is -0.120. The van der Waals surface area contributed by atoms with Crippen molar-refractivity contribution in [3.05, 3.63) is 47.5 Å².